The molecule has 6 heteroatoms. The first kappa shape index (κ1) is 14.3. The molecule has 0 bridgehead atoms. The molecule has 2 aromatic carbocycles. The van der Waals surface area contributed by atoms with E-state index in [2.05, 4.69) is 15.0 Å². The number of hydrogen-bond acceptors (Lipinski definition) is 3. The van der Waals surface area contributed by atoms with Gasteiger partial charge < -0.3 is 11.5 Å². The lowest BCUT2D eigenvalue weighted by Crippen LogP contribution is -2.22. The molecule has 1 heterocycles. The van der Waals surface area contributed by atoms with Crippen LogP contribution in [0.5, 0.6) is 0 Å². The number of aromatic nitrogens is 2. The summed E-state index contributed by atoms with van der Waals surface area (Å²) in [6.45, 7) is 2.02. The average Bonchev–Trinajstić information content (AvgIpc) is 2.47. The topological polar surface area (TPSA) is 90.2 Å². The summed E-state index contributed by atoms with van der Waals surface area (Å²) in [6.07, 6.45) is 0. The number of nitrogens with two attached hydrogens (primary N) is 2. The van der Waals surface area contributed by atoms with Crippen molar-refractivity contribution in [3.8, 4) is 11.3 Å². The number of hydrogen-bond donors (Lipinski definition) is 2. The van der Waals surface area contributed by atoms with Crippen molar-refractivity contribution in [1.29, 1.82) is 0 Å². The lowest BCUT2D eigenvalue weighted by molar-refractivity contribution is 1.17. The summed E-state index contributed by atoms with van der Waals surface area (Å²) < 4.78 is 0. The number of aliphatic imine (C=N–C) groups is 1. The smallest absolute Gasteiger partial charge is 0.253 e. The fraction of sp³-hybridized carbons (Fsp3) is 0.0625. The molecule has 3 aromatic rings. The molecular formula is C16H14ClN5. The molecule has 0 aliphatic heterocycles. The zero-order valence-corrected chi connectivity index (χ0v) is 12.7. The van der Waals surface area contributed by atoms with Crippen molar-refractivity contribution in [3.05, 3.63) is 53.1 Å². The quantitative estimate of drug-likeness (QED) is 0.562. The van der Waals surface area contributed by atoms with E-state index in [1.165, 1.54) is 0 Å². The Morgan fingerprint density at radius 1 is 1.09 bits per heavy atom. The first-order valence-corrected chi connectivity index (χ1v) is 7.05. The van der Waals surface area contributed by atoms with Crippen LogP contribution < -0.4 is 11.5 Å². The van der Waals surface area contributed by atoms with Crippen molar-refractivity contribution in [3.63, 3.8) is 0 Å². The Hall–Kier alpha value is -2.66. The lowest BCUT2D eigenvalue weighted by atomic mass is 10.0. The van der Waals surface area contributed by atoms with Gasteiger partial charge in [-0.25, -0.2) is 9.97 Å². The van der Waals surface area contributed by atoms with Gasteiger partial charge in [-0.1, -0.05) is 35.9 Å². The van der Waals surface area contributed by atoms with Gasteiger partial charge in [0.15, 0.2) is 5.96 Å². The number of guanidine groups is 1. The maximum absolute atomic E-state index is 6.12. The van der Waals surface area contributed by atoms with Gasteiger partial charge in [0.1, 0.15) is 0 Å². The molecule has 0 fully saturated rings. The lowest BCUT2D eigenvalue weighted by Gasteiger charge is -2.09. The van der Waals surface area contributed by atoms with Crippen LogP contribution in [0.25, 0.3) is 22.2 Å². The molecule has 0 radical (unpaired) electrons. The molecule has 3 rings (SSSR count). The fourth-order valence-electron chi connectivity index (χ4n) is 2.30. The maximum Gasteiger partial charge on any atom is 0.253 e. The van der Waals surface area contributed by atoms with Gasteiger partial charge in [-0.05, 0) is 30.7 Å². The number of rotatable bonds is 2. The molecule has 0 unspecified atom stereocenters. The second-order valence-electron chi connectivity index (χ2n) is 4.89. The van der Waals surface area contributed by atoms with Crippen molar-refractivity contribution in [2.24, 2.45) is 16.5 Å². The summed E-state index contributed by atoms with van der Waals surface area (Å²) >= 11 is 6.12. The Morgan fingerprint density at radius 2 is 1.86 bits per heavy atom. The molecular weight excluding hydrogens is 298 g/mol. The minimum atomic E-state index is -0.0796. The number of fused-ring (bicyclic) bond motifs is 1. The van der Waals surface area contributed by atoms with Crippen molar-refractivity contribution in [2.45, 2.75) is 6.92 Å². The van der Waals surface area contributed by atoms with Crippen LogP contribution in [0.1, 0.15) is 5.56 Å². The van der Waals surface area contributed by atoms with Gasteiger partial charge in [-0.2, -0.15) is 4.99 Å². The minimum Gasteiger partial charge on any atom is -0.370 e. The van der Waals surface area contributed by atoms with Crippen molar-refractivity contribution >= 4 is 34.4 Å². The van der Waals surface area contributed by atoms with Crippen molar-refractivity contribution in [2.75, 3.05) is 0 Å². The molecule has 0 spiro atoms. The first-order valence-electron chi connectivity index (χ1n) is 6.67. The number of aryl methyl sites for hydroxylation is 1. The second-order valence-corrected chi connectivity index (χ2v) is 5.32. The third kappa shape index (κ3) is 2.71. The predicted molar refractivity (Wildman–Crippen MR) is 90.2 cm³/mol. The zero-order valence-electron chi connectivity index (χ0n) is 11.9. The van der Waals surface area contributed by atoms with E-state index < -0.39 is 0 Å². The van der Waals surface area contributed by atoms with Crippen molar-refractivity contribution < 1.29 is 0 Å². The number of nitrogens with zero attached hydrogens (tertiary/aromatic N) is 3. The average molecular weight is 312 g/mol. The Labute approximate surface area is 132 Å². The van der Waals surface area contributed by atoms with Crippen LogP contribution in [0.15, 0.2) is 47.5 Å². The van der Waals surface area contributed by atoms with E-state index in [4.69, 9.17) is 23.1 Å². The van der Waals surface area contributed by atoms with Crippen LogP contribution >= 0.6 is 11.6 Å². The standard InChI is InChI=1S/C16H14ClN5/c1-9-4-2-3-5-11(9)14-12-8-10(17)6-7-13(12)20-16(21-14)22-15(18)19/h2-8H,1H3,(H4,18,19,20,21,22). The SMILES string of the molecule is Cc1ccccc1-c1nc(N=C(N)N)nc2ccc(Cl)cc12. The molecule has 5 nitrogen and oxygen atoms in total. The van der Waals surface area contributed by atoms with Gasteiger partial charge in [0.05, 0.1) is 11.2 Å². The summed E-state index contributed by atoms with van der Waals surface area (Å²) in [5.74, 6) is 0.150. The van der Waals surface area contributed by atoms with Crippen molar-refractivity contribution in [1.82, 2.24) is 9.97 Å². The molecule has 0 saturated heterocycles. The summed E-state index contributed by atoms with van der Waals surface area (Å²) in [7, 11) is 0. The van der Waals surface area contributed by atoms with E-state index in [9.17, 15) is 0 Å². The Kier molecular flexibility index (Phi) is 3.65. The van der Waals surface area contributed by atoms with Crippen LogP contribution in [0.4, 0.5) is 5.95 Å². The van der Waals surface area contributed by atoms with Gasteiger partial charge in [-0.3, -0.25) is 0 Å². The van der Waals surface area contributed by atoms with E-state index in [1.54, 1.807) is 6.07 Å². The van der Waals surface area contributed by atoms with E-state index in [1.807, 2.05) is 43.3 Å². The first-order chi connectivity index (χ1) is 10.5. The monoisotopic (exact) mass is 311 g/mol. The summed E-state index contributed by atoms with van der Waals surface area (Å²) in [6, 6.07) is 13.4. The van der Waals surface area contributed by atoms with Gasteiger partial charge in [0.2, 0.25) is 0 Å². The maximum atomic E-state index is 6.12. The second kappa shape index (κ2) is 5.61. The highest BCUT2D eigenvalue weighted by Gasteiger charge is 2.12. The third-order valence-corrected chi connectivity index (χ3v) is 3.51. The Morgan fingerprint density at radius 3 is 2.59 bits per heavy atom. The predicted octanol–water partition coefficient (Wildman–Crippen LogP) is 3.16. The molecule has 0 aliphatic rings. The van der Waals surface area contributed by atoms with Gasteiger partial charge in [0, 0.05) is 16.0 Å². The van der Waals surface area contributed by atoms with Crippen LogP contribution in [0, 0.1) is 6.92 Å². The van der Waals surface area contributed by atoms with E-state index in [-0.39, 0.29) is 11.9 Å². The van der Waals surface area contributed by atoms with Gasteiger partial charge >= 0.3 is 0 Å². The Balaban J connectivity index is 2.37. The molecule has 0 amide bonds. The zero-order chi connectivity index (χ0) is 15.7. The molecule has 22 heavy (non-hydrogen) atoms. The van der Waals surface area contributed by atoms with Gasteiger partial charge in [0.25, 0.3) is 5.95 Å². The molecule has 0 atom stereocenters. The van der Waals surface area contributed by atoms with Crippen LogP contribution in [0.2, 0.25) is 5.02 Å². The Bertz CT molecular complexity index is 885. The summed E-state index contributed by atoms with van der Waals surface area (Å²) in [5, 5.41) is 1.48. The van der Waals surface area contributed by atoms with Crippen LogP contribution in [0.3, 0.4) is 0 Å². The van der Waals surface area contributed by atoms with E-state index in [0.717, 1.165) is 27.7 Å². The molecule has 0 aliphatic carbocycles. The van der Waals surface area contributed by atoms with Crippen LogP contribution in [-0.4, -0.2) is 15.9 Å². The molecule has 0 saturated carbocycles. The highest BCUT2D eigenvalue weighted by molar-refractivity contribution is 6.31. The fourth-order valence-corrected chi connectivity index (χ4v) is 2.47. The number of halogens is 1. The highest BCUT2D eigenvalue weighted by atomic mass is 35.5. The van der Waals surface area contributed by atoms with Crippen LogP contribution in [-0.2, 0) is 0 Å². The van der Waals surface area contributed by atoms with E-state index >= 15 is 0 Å². The molecule has 4 N–H and O–H groups in total. The largest absolute Gasteiger partial charge is 0.370 e. The highest BCUT2D eigenvalue weighted by Crippen LogP contribution is 2.31. The normalized spacial score (nSPS) is 10.6. The molecule has 1 aromatic heterocycles. The van der Waals surface area contributed by atoms with Gasteiger partial charge in [-0.15, -0.1) is 0 Å². The number of benzene rings is 2. The summed E-state index contributed by atoms with van der Waals surface area (Å²) in [4.78, 5) is 12.8. The minimum absolute atomic E-state index is 0.0796. The third-order valence-electron chi connectivity index (χ3n) is 3.28. The summed E-state index contributed by atoms with van der Waals surface area (Å²) in [5.41, 5.74) is 14.5. The van der Waals surface area contributed by atoms with E-state index in [0.29, 0.717) is 5.02 Å². The molecule has 110 valence electrons.